The topological polar surface area (TPSA) is 83.3 Å². The van der Waals surface area contributed by atoms with Crippen molar-refractivity contribution in [2.75, 3.05) is 19.7 Å². The van der Waals surface area contributed by atoms with E-state index in [1.807, 2.05) is 24.7 Å². The fourth-order valence-corrected chi connectivity index (χ4v) is 3.89. The highest BCUT2D eigenvalue weighted by atomic mass is 16.3. The highest BCUT2D eigenvalue weighted by Gasteiger charge is 2.43. The van der Waals surface area contributed by atoms with Gasteiger partial charge in [0, 0.05) is 37.9 Å². The average Bonchev–Trinajstić information content (AvgIpc) is 2.95. The maximum absolute atomic E-state index is 12.3. The minimum Gasteiger partial charge on any atom is -0.396 e. The van der Waals surface area contributed by atoms with Gasteiger partial charge in [-0.05, 0) is 39.2 Å². The van der Waals surface area contributed by atoms with Crippen molar-refractivity contribution < 1.29 is 9.90 Å². The first-order chi connectivity index (χ1) is 11.1. The molecule has 0 spiro atoms. The van der Waals surface area contributed by atoms with E-state index >= 15 is 0 Å². The third-order valence-electron chi connectivity index (χ3n) is 5.00. The highest BCUT2D eigenvalue weighted by Crippen LogP contribution is 2.36. The van der Waals surface area contributed by atoms with Crippen molar-refractivity contribution in [2.45, 2.75) is 51.7 Å². The summed E-state index contributed by atoms with van der Waals surface area (Å²) in [5.74, 6) is 0.811. The smallest absolute Gasteiger partial charge is 0.224 e. The van der Waals surface area contributed by atoms with E-state index in [0.29, 0.717) is 18.4 Å². The van der Waals surface area contributed by atoms with Gasteiger partial charge in [0.05, 0.1) is 18.2 Å². The second-order valence-electron chi connectivity index (χ2n) is 7.11. The molecule has 1 aromatic rings. The number of nitrogens with zero attached hydrogens (tertiary/aromatic N) is 4. The molecular formula is C16H27N5O2. The van der Waals surface area contributed by atoms with Crippen LogP contribution < -0.4 is 5.32 Å². The second kappa shape index (κ2) is 6.97. The number of carbonyl (C=O) groups excluding carboxylic acids is 1. The maximum atomic E-state index is 12.3. The van der Waals surface area contributed by atoms with Gasteiger partial charge in [0.15, 0.2) is 0 Å². The van der Waals surface area contributed by atoms with E-state index < -0.39 is 0 Å². The van der Waals surface area contributed by atoms with Crippen LogP contribution in [0.15, 0.2) is 6.20 Å². The molecule has 3 aliphatic rings. The molecule has 7 heteroatoms. The molecule has 0 aliphatic carbocycles. The largest absolute Gasteiger partial charge is 0.396 e. The second-order valence-corrected chi connectivity index (χ2v) is 7.11. The zero-order valence-electron chi connectivity index (χ0n) is 14.0. The van der Waals surface area contributed by atoms with E-state index in [1.165, 1.54) is 0 Å². The number of nitrogens with one attached hydrogen (secondary N) is 1. The first kappa shape index (κ1) is 16.4. The molecule has 4 rings (SSSR count). The SMILES string of the molecule is CC(C)NC(=O)[C@H]1CN2CC[C@H]1C[C@@H]2Cn1cc(CCO)nn1. The van der Waals surface area contributed by atoms with Crippen molar-refractivity contribution in [3.63, 3.8) is 0 Å². The maximum Gasteiger partial charge on any atom is 0.224 e. The Bertz CT molecular complexity index is 544. The van der Waals surface area contributed by atoms with Gasteiger partial charge in [-0.2, -0.15) is 0 Å². The predicted octanol–water partition coefficient (Wildman–Crippen LogP) is 0.0479. The van der Waals surface area contributed by atoms with Crippen molar-refractivity contribution in [1.82, 2.24) is 25.2 Å². The first-order valence-corrected chi connectivity index (χ1v) is 8.61. The van der Waals surface area contributed by atoms with Crippen LogP contribution in [0.4, 0.5) is 0 Å². The summed E-state index contributed by atoms with van der Waals surface area (Å²) in [5.41, 5.74) is 0.831. The lowest BCUT2D eigenvalue weighted by Gasteiger charge is -2.49. The molecule has 2 N–H and O–H groups in total. The van der Waals surface area contributed by atoms with Crippen molar-refractivity contribution in [1.29, 1.82) is 0 Å². The van der Waals surface area contributed by atoms with E-state index in [1.54, 1.807) is 0 Å². The molecule has 1 unspecified atom stereocenters. The minimum atomic E-state index is 0.100. The van der Waals surface area contributed by atoms with Crippen LogP contribution in [-0.4, -0.2) is 62.7 Å². The monoisotopic (exact) mass is 321 g/mol. The summed E-state index contributed by atoms with van der Waals surface area (Å²) in [5, 5.41) is 20.3. The van der Waals surface area contributed by atoms with Gasteiger partial charge in [-0.15, -0.1) is 5.10 Å². The van der Waals surface area contributed by atoms with Crippen LogP contribution in [0.25, 0.3) is 0 Å². The highest BCUT2D eigenvalue weighted by molar-refractivity contribution is 5.79. The predicted molar refractivity (Wildman–Crippen MR) is 85.7 cm³/mol. The van der Waals surface area contributed by atoms with Gasteiger partial charge in [-0.1, -0.05) is 5.21 Å². The van der Waals surface area contributed by atoms with Crippen molar-refractivity contribution in [3.8, 4) is 0 Å². The molecule has 23 heavy (non-hydrogen) atoms. The lowest BCUT2D eigenvalue weighted by molar-refractivity contribution is -0.133. The van der Waals surface area contributed by atoms with Crippen LogP contribution in [0.2, 0.25) is 0 Å². The molecule has 0 aromatic carbocycles. The Morgan fingerprint density at radius 1 is 1.52 bits per heavy atom. The van der Waals surface area contributed by atoms with Gasteiger partial charge in [0.25, 0.3) is 0 Å². The number of hydrogen-bond donors (Lipinski definition) is 2. The van der Waals surface area contributed by atoms with Gasteiger partial charge in [0.1, 0.15) is 0 Å². The Morgan fingerprint density at radius 3 is 3.00 bits per heavy atom. The molecule has 3 saturated heterocycles. The summed E-state index contributed by atoms with van der Waals surface area (Å²) < 4.78 is 1.87. The number of piperidine rings is 3. The lowest BCUT2D eigenvalue weighted by Crippen LogP contribution is -2.58. The standard InChI is InChI=1S/C16H27N5O2/c1-11(2)17-16(23)15-10-20-5-3-12(15)7-14(20)9-21-8-13(4-6-22)18-19-21/h8,11-12,14-15,22H,3-7,9-10H2,1-2H3,(H,17,23)/t12-,14+,15-/m0/s1. The zero-order chi connectivity index (χ0) is 16.4. The van der Waals surface area contributed by atoms with E-state index in [-0.39, 0.29) is 24.5 Å². The summed E-state index contributed by atoms with van der Waals surface area (Å²) in [4.78, 5) is 14.8. The Hall–Kier alpha value is -1.47. The van der Waals surface area contributed by atoms with Crippen molar-refractivity contribution in [3.05, 3.63) is 11.9 Å². The summed E-state index contributed by atoms with van der Waals surface area (Å²) in [7, 11) is 0. The molecule has 7 nitrogen and oxygen atoms in total. The molecule has 4 heterocycles. The third kappa shape index (κ3) is 3.72. The number of carbonyl (C=O) groups is 1. The van der Waals surface area contributed by atoms with Crippen molar-refractivity contribution in [2.24, 2.45) is 11.8 Å². The van der Waals surface area contributed by atoms with E-state index in [2.05, 4.69) is 20.5 Å². The minimum absolute atomic E-state index is 0.100. The van der Waals surface area contributed by atoms with E-state index in [9.17, 15) is 4.79 Å². The van der Waals surface area contributed by atoms with E-state index in [4.69, 9.17) is 5.11 Å². The molecule has 2 bridgehead atoms. The first-order valence-electron chi connectivity index (χ1n) is 8.61. The number of fused-ring (bicyclic) bond motifs is 3. The van der Waals surface area contributed by atoms with Crippen LogP contribution in [0.1, 0.15) is 32.4 Å². The molecular weight excluding hydrogens is 294 g/mol. The summed E-state index contributed by atoms with van der Waals surface area (Å²) in [6, 6.07) is 0.634. The average molecular weight is 321 g/mol. The quantitative estimate of drug-likeness (QED) is 0.773. The number of hydrogen-bond acceptors (Lipinski definition) is 5. The van der Waals surface area contributed by atoms with E-state index in [0.717, 1.165) is 38.2 Å². The molecule has 3 aliphatic heterocycles. The van der Waals surface area contributed by atoms with Crippen LogP contribution in [0.5, 0.6) is 0 Å². The van der Waals surface area contributed by atoms with Crippen LogP contribution in [0, 0.1) is 11.8 Å². The number of rotatable bonds is 6. The summed E-state index contributed by atoms with van der Waals surface area (Å²) >= 11 is 0. The molecule has 1 amide bonds. The van der Waals surface area contributed by atoms with Gasteiger partial charge in [-0.25, -0.2) is 0 Å². The molecule has 0 saturated carbocycles. The van der Waals surface area contributed by atoms with Gasteiger partial charge in [0.2, 0.25) is 5.91 Å². The number of amides is 1. The molecule has 3 fully saturated rings. The summed E-state index contributed by atoms with van der Waals surface area (Å²) in [6.07, 6.45) is 4.63. The van der Waals surface area contributed by atoms with Crippen molar-refractivity contribution >= 4 is 5.91 Å². The lowest BCUT2D eigenvalue weighted by atomic mass is 9.75. The van der Waals surface area contributed by atoms with Gasteiger partial charge in [-0.3, -0.25) is 14.4 Å². The Morgan fingerprint density at radius 2 is 2.35 bits per heavy atom. The number of aliphatic hydroxyl groups excluding tert-OH is 1. The van der Waals surface area contributed by atoms with Crippen LogP contribution in [-0.2, 0) is 17.8 Å². The fourth-order valence-electron chi connectivity index (χ4n) is 3.89. The Kier molecular flexibility index (Phi) is 4.96. The number of aliphatic hydroxyl groups is 1. The molecule has 0 radical (unpaired) electrons. The molecule has 4 atom stereocenters. The number of aromatic nitrogens is 3. The third-order valence-corrected chi connectivity index (χ3v) is 5.00. The van der Waals surface area contributed by atoms with Gasteiger partial charge >= 0.3 is 0 Å². The Balaban J connectivity index is 1.59. The summed E-state index contributed by atoms with van der Waals surface area (Å²) in [6.45, 7) is 6.86. The van der Waals surface area contributed by atoms with Gasteiger partial charge < -0.3 is 10.4 Å². The fraction of sp³-hybridized carbons (Fsp3) is 0.812. The van der Waals surface area contributed by atoms with Crippen LogP contribution in [0.3, 0.4) is 0 Å². The van der Waals surface area contributed by atoms with Crippen LogP contribution >= 0.6 is 0 Å². The normalized spacial score (nSPS) is 29.9. The molecule has 1 aromatic heterocycles. The molecule has 128 valence electrons. The Labute approximate surface area is 137 Å². The zero-order valence-corrected chi connectivity index (χ0v) is 14.0.